The van der Waals surface area contributed by atoms with E-state index in [0.717, 1.165) is 0 Å². The number of hydrogen-bond acceptors (Lipinski definition) is 4. The maximum Gasteiger partial charge on any atom is 0.262 e. The summed E-state index contributed by atoms with van der Waals surface area (Å²) in [5.74, 6) is -0.385. The molecule has 0 spiro atoms. The van der Waals surface area contributed by atoms with Gasteiger partial charge >= 0.3 is 0 Å². The molecule has 10 heavy (non-hydrogen) atoms. The molecule has 1 unspecified atom stereocenters. The highest BCUT2D eigenvalue weighted by Gasteiger charge is 2.11. The molecule has 3 N–H and O–H groups in total. The summed E-state index contributed by atoms with van der Waals surface area (Å²) >= 11 is 0. The molecule has 0 aliphatic rings. The Bertz CT molecular complexity index is 107. The molecule has 1 amide bonds. The van der Waals surface area contributed by atoms with E-state index in [1.54, 1.807) is 0 Å². The third-order valence-corrected chi connectivity index (χ3v) is 0.886. The molecule has 60 valence electrons. The van der Waals surface area contributed by atoms with Gasteiger partial charge in [-0.3, -0.25) is 9.63 Å². The van der Waals surface area contributed by atoms with Gasteiger partial charge in [0.05, 0.1) is 13.7 Å². The number of hydrogen-bond donors (Lipinski definition) is 2. The monoisotopic (exact) mass is 148 g/mol. The van der Waals surface area contributed by atoms with Gasteiger partial charge in [-0.05, 0) is 0 Å². The van der Waals surface area contributed by atoms with Crippen LogP contribution in [0.3, 0.4) is 0 Å². The predicted molar refractivity (Wildman–Crippen MR) is 35.0 cm³/mol. The first-order chi connectivity index (χ1) is 4.72. The zero-order chi connectivity index (χ0) is 7.98. The van der Waals surface area contributed by atoms with Crippen LogP contribution < -0.4 is 11.2 Å². The number of rotatable bonds is 4. The van der Waals surface area contributed by atoms with E-state index in [0.29, 0.717) is 0 Å². The maximum atomic E-state index is 10.7. The Kier molecular flexibility index (Phi) is 4.82. The molecule has 0 saturated heterocycles. The molecule has 0 aromatic rings. The molecule has 0 fully saturated rings. The lowest BCUT2D eigenvalue weighted by Gasteiger charge is -2.08. The summed E-state index contributed by atoms with van der Waals surface area (Å²) in [5.41, 5.74) is 7.38. The lowest BCUT2D eigenvalue weighted by molar-refractivity contribution is -0.133. The largest absolute Gasteiger partial charge is 0.383 e. The van der Waals surface area contributed by atoms with Crippen LogP contribution in [-0.2, 0) is 14.4 Å². The van der Waals surface area contributed by atoms with Gasteiger partial charge in [0.15, 0.2) is 0 Å². The minimum Gasteiger partial charge on any atom is -0.383 e. The number of carbonyl (C=O) groups is 1. The number of ether oxygens (including phenoxy) is 1. The van der Waals surface area contributed by atoms with Crippen molar-refractivity contribution in [1.82, 2.24) is 5.48 Å². The third kappa shape index (κ3) is 3.39. The molecular weight excluding hydrogens is 136 g/mol. The Morgan fingerprint density at radius 3 is 2.70 bits per heavy atom. The SMILES string of the molecule is COCC(N)C(=O)NOC. The molecule has 0 aromatic carbocycles. The van der Waals surface area contributed by atoms with Gasteiger partial charge in [0.25, 0.3) is 5.91 Å². The van der Waals surface area contributed by atoms with Crippen molar-refractivity contribution in [1.29, 1.82) is 0 Å². The van der Waals surface area contributed by atoms with Crippen LogP contribution in [0.15, 0.2) is 0 Å². The molecule has 0 bridgehead atoms. The Labute approximate surface area is 59.4 Å². The summed E-state index contributed by atoms with van der Waals surface area (Å²) in [7, 11) is 2.82. The normalized spacial score (nSPS) is 12.7. The average Bonchev–Trinajstić information content (AvgIpc) is 1.89. The van der Waals surface area contributed by atoms with Crippen LogP contribution in [0.5, 0.6) is 0 Å². The average molecular weight is 148 g/mol. The maximum absolute atomic E-state index is 10.7. The summed E-state index contributed by atoms with van der Waals surface area (Å²) in [6, 6.07) is -0.662. The van der Waals surface area contributed by atoms with Gasteiger partial charge in [0.1, 0.15) is 6.04 Å². The summed E-state index contributed by atoms with van der Waals surface area (Å²) in [6.45, 7) is 0.190. The van der Waals surface area contributed by atoms with Crippen LogP contribution in [0.1, 0.15) is 0 Å². The Balaban J connectivity index is 3.49. The molecule has 5 nitrogen and oxygen atoms in total. The van der Waals surface area contributed by atoms with Gasteiger partial charge < -0.3 is 10.5 Å². The number of hydroxylamine groups is 1. The van der Waals surface area contributed by atoms with E-state index in [9.17, 15) is 4.79 Å². The van der Waals surface area contributed by atoms with Gasteiger partial charge in [-0.2, -0.15) is 0 Å². The van der Waals surface area contributed by atoms with Crippen molar-refractivity contribution >= 4 is 5.91 Å². The second-order valence-electron chi connectivity index (χ2n) is 1.73. The van der Waals surface area contributed by atoms with Gasteiger partial charge in [0, 0.05) is 7.11 Å². The lowest BCUT2D eigenvalue weighted by atomic mass is 10.3. The first-order valence-electron chi connectivity index (χ1n) is 2.79. The van der Waals surface area contributed by atoms with Crippen LogP contribution in [0.2, 0.25) is 0 Å². The minimum atomic E-state index is -0.662. The molecule has 0 saturated carbocycles. The minimum absolute atomic E-state index is 0.190. The number of amides is 1. The molecule has 0 rings (SSSR count). The van der Waals surface area contributed by atoms with Crippen molar-refractivity contribution in [3.8, 4) is 0 Å². The highest BCUT2D eigenvalue weighted by atomic mass is 16.6. The van der Waals surface area contributed by atoms with E-state index in [1.807, 2.05) is 0 Å². The molecule has 0 aliphatic heterocycles. The van der Waals surface area contributed by atoms with Crippen LogP contribution in [0.4, 0.5) is 0 Å². The fraction of sp³-hybridized carbons (Fsp3) is 0.800. The number of methoxy groups -OCH3 is 1. The van der Waals surface area contributed by atoms with E-state index in [4.69, 9.17) is 5.73 Å². The van der Waals surface area contributed by atoms with Gasteiger partial charge in [-0.15, -0.1) is 0 Å². The molecule has 0 aromatic heterocycles. The number of carbonyl (C=O) groups excluding carboxylic acids is 1. The Hall–Kier alpha value is -0.650. The summed E-state index contributed by atoms with van der Waals surface area (Å²) < 4.78 is 4.63. The summed E-state index contributed by atoms with van der Waals surface area (Å²) in [5, 5.41) is 0. The number of nitrogens with one attached hydrogen (secondary N) is 1. The molecule has 5 heteroatoms. The zero-order valence-electron chi connectivity index (χ0n) is 6.09. The van der Waals surface area contributed by atoms with Gasteiger partial charge in [0.2, 0.25) is 0 Å². The first-order valence-corrected chi connectivity index (χ1v) is 2.79. The molecule has 0 heterocycles. The number of nitrogens with two attached hydrogens (primary N) is 1. The molecule has 1 atom stereocenters. The van der Waals surface area contributed by atoms with Crippen LogP contribution in [0.25, 0.3) is 0 Å². The van der Waals surface area contributed by atoms with Crippen molar-refractivity contribution in [2.24, 2.45) is 5.73 Å². The topological polar surface area (TPSA) is 73.6 Å². The Morgan fingerprint density at radius 1 is 1.70 bits per heavy atom. The van der Waals surface area contributed by atoms with Crippen molar-refractivity contribution in [3.63, 3.8) is 0 Å². The van der Waals surface area contributed by atoms with E-state index >= 15 is 0 Å². The van der Waals surface area contributed by atoms with Gasteiger partial charge in [-0.25, -0.2) is 5.48 Å². The fourth-order valence-corrected chi connectivity index (χ4v) is 0.432. The van der Waals surface area contributed by atoms with Crippen LogP contribution in [0, 0.1) is 0 Å². The third-order valence-electron chi connectivity index (χ3n) is 0.886. The second kappa shape index (κ2) is 5.16. The fourth-order valence-electron chi connectivity index (χ4n) is 0.432. The Morgan fingerprint density at radius 2 is 2.30 bits per heavy atom. The lowest BCUT2D eigenvalue weighted by Crippen LogP contribution is -2.42. The van der Waals surface area contributed by atoms with Crippen molar-refractivity contribution < 1.29 is 14.4 Å². The van der Waals surface area contributed by atoms with Crippen LogP contribution in [-0.4, -0.2) is 32.8 Å². The highest BCUT2D eigenvalue weighted by Crippen LogP contribution is 1.78. The molecule has 0 aliphatic carbocycles. The van der Waals surface area contributed by atoms with Crippen molar-refractivity contribution in [3.05, 3.63) is 0 Å². The molecule has 0 radical (unpaired) electrons. The molecular formula is C5H12N2O3. The van der Waals surface area contributed by atoms with Crippen molar-refractivity contribution in [2.75, 3.05) is 20.8 Å². The van der Waals surface area contributed by atoms with Crippen molar-refractivity contribution in [2.45, 2.75) is 6.04 Å². The second-order valence-corrected chi connectivity index (χ2v) is 1.73. The summed E-state index contributed by atoms with van der Waals surface area (Å²) in [6.07, 6.45) is 0. The first kappa shape index (κ1) is 9.35. The zero-order valence-corrected chi connectivity index (χ0v) is 6.09. The van der Waals surface area contributed by atoms with E-state index in [1.165, 1.54) is 14.2 Å². The smallest absolute Gasteiger partial charge is 0.262 e. The highest BCUT2D eigenvalue weighted by molar-refractivity contribution is 5.80. The standard InChI is InChI=1S/C5H12N2O3/c1-9-3-4(6)5(8)7-10-2/h4H,3,6H2,1-2H3,(H,7,8). The van der Waals surface area contributed by atoms with E-state index in [-0.39, 0.29) is 12.5 Å². The quantitative estimate of drug-likeness (QED) is 0.483. The van der Waals surface area contributed by atoms with Gasteiger partial charge in [-0.1, -0.05) is 0 Å². The van der Waals surface area contributed by atoms with E-state index < -0.39 is 6.04 Å². The van der Waals surface area contributed by atoms with E-state index in [2.05, 4.69) is 15.1 Å². The summed E-state index contributed by atoms with van der Waals surface area (Å²) in [4.78, 5) is 15.0. The van der Waals surface area contributed by atoms with Crippen LogP contribution >= 0.6 is 0 Å². The predicted octanol–water partition coefficient (Wildman–Crippen LogP) is -1.36.